The first-order chi connectivity index (χ1) is 11.0. The number of benzene rings is 1. The van der Waals surface area contributed by atoms with Gasteiger partial charge in [-0.05, 0) is 24.1 Å². The van der Waals surface area contributed by atoms with Gasteiger partial charge in [-0.2, -0.15) is 0 Å². The van der Waals surface area contributed by atoms with Crippen LogP contribution in [-0.2, 0) is 14.4 Å². The second-order valence-electron chi connectivity index (χ2n) is 6.03. The van der Waals surface area contributed by atoms with Crippen LogP contribution in [0.3, 0.4) is 0 Å². The predicted molar refractivity (Wildman–Crippen MR) is 82.9 cm³/mol. The minimum atomic E-state index is -0.786. The highest BCUT2D eigenvalue weighted by Gasteiger charge is 2.31. The molecule has 2 fully saturated rings. The van der Waals surface area contributed by atoms with Gasteiger partial charge in [-0.3, -0.25) is 19.3 Å². The highest BCUT2D eigenvalue weighted by molar-refractivity contribution is 6.02. The summed E-state index contributed by atoms with van der Waals surface area (Å²) < 4.78 is 0. The molecule has 2 unspecified atom stereocenters. The fraction of sp³-hybridized carbons (Fsp3) is 0.438. The van der Waals surface area contributed by atoms with Crippen LogP contribution in [-0.4, -0.2) is 54.5 Å². The van der Waals surface area contributed by atoms with Crippen LogP contribution in [0.2, 0.25) is 0 Å². The van der Waals surface area contributed by atoms with Crippen LogP contribution in [0.1, 0.15) is 18.0 Å². The topological polar surface area (TPSA) is 90.0 Å². The molecule has 2 aliphatic rings. The van der Waals surface area contributed by atoms with Gasteiger partial charge in [0.1, 0.15) is 0 Å². The monoisotopic (exact) mass is 317 g/mol. The molecule has 0 radical (unpaired) electrons. The number of nitrogens with one attached hydrogen (secondary N) is 1. The Morgan fingerprint density at radius 3 is 2.57 bits per heavy atom. The van der Waals surface area contributed by atoms with Crippen LogP contribution < -0.4 is 10.2 Å². The average Bonchev–Trinajstić information content (AvgIpc) is 3.02. The van der Waals surface area contributed by atoms with Gasteiger partial charge in [-0.1, -0.05) is 12.1 Å². The average molecular weight is 317 g/mol. The van der Waals surface area contributed by atoms with E-state index in [4.69, 9.17) is 5.11 Å². The fourth-order valence-corrected chi connectivity index (χ4v) is 3.03. The molecule has 2 N–H and O–H groups in total. The quantitative estimate of drug-likeness (QED) is 0.776. The number of anilines is 1. The highest BCUT2D eigenvalue weighted by Crippen LogP contribution is 2.30. The number of carbonyl (C=O) groups is 3. The van der Waals surface area contributed by atoms with Gasteiger partial charge in [0.25, 0.3) is 0 Å². The summed E-state index contributed by atoms with van der Waals surface area (Å²) in [6.45, 7) is 0.790. The van der Waals surface area contributed by atoms with Crippen molar-refractivity contribution < 1.29 is 19.5 Å². The van der Waals surface area contributed by atoms with Gasteiger partial charge < -0.3 is 15.3 Å². The van der Waals surface area contributed by atoms with E-state index in [-0.39, 0.29) is 36.9 Å². The molecule has 122 valence electrons. The summed E-state index contributed by atoms with van der Waals surface area (Å²) in [7, 11) is 1.49. The van der Waals surface area contributed by atoms with Crippen molar-refractivity contribution in [3.05, 3.63) is 29.8 Å². The zero-order valence-corrected chi connectivity index (χ0v) is 12.9. The maximum absolute atomic E-state index is 11.8. The van der Waals surface area contributed by atoms with Crippen molar-refractivity contribution in [2.75, 3.05) is 31.6 Å². The Labute approximate surface area is 133 Å². The third kappa shape index (κ3) is 3.05. The number of carboxylic acids is 1. The minimum absolute atomic E-state index is 0.0186. The summed E-state index contributed by atoms with van der Waals surface area (Å²) >= 11 is 0. The molecule has 1 aromatic carbocycles. The maximum atomic E-state index is 11.8. The molecular weight excluding hydrogens is 298 g/mol. The third-order valence-corrected chi connectivity index (χ3v) is 4.52. The standard InChI is InChI=1S/C16H19N3O4/c1-18-14(20)8-19(9-15(18)21)12-4-2-3-10(5-12)13-6-11(7-17-13)16(22)23/h2-5,11,13,17H,6-9H2,1H3,(H,22,23). The number of hydrogen-bond donors (Lipinski definition) is 2. The number of aliphatic carboxylic acids is 1. The molecule has 0 aromatic heterocycles. The first-order valence-electron chi connectivity index (χ1n) is 7.56. The van der Waals surface area contributed by atoms with Crippen LogP contribution in [0.4, 0.5) is 5.69 Å². The lowest BCUT2D eigenvalue weighted by Gasteiger charge is -2.32. The second-order valence-corrected chi connectivity index (χ2v) is 6.03. The number of imide groups is 1. The first kappa shape index (κ1) is 15.5. The number of hydrogen-bond acceptors (Lipinski definition) is 5. The van der Waals surface area contributed by atoms with Crippen molar-refractivity contribution in [1.82, 2.24) is 10.2 Å². The smallest absolute Gasteiger partial charge is 0.307 e. The predicted octanol–water partition coefficient (Wildman–Crippen LogP) is 0.227. The van der Waals surface area contributed by atoms with E-state index in [0.717, 1.165) is 16.2 Å². The van der Waals surface area contributed by atoms with E-state index in [0.29, 0.717) is 13.0 Å². The number of amides is 2. The van der Waals surface area contributed by atoms with E-state index in [1.165, 1.54) is 7.05 Å². The zero-order valence-electron chi connectivity index (χ0n) is 12.9. The van der Waals surface area contributed by atoms with E-state index in [1.807, 2.05) is 24.3 Å². The molecule has 0 aliphatic carbocycles. The molecule has 2 heterocycles. The Kier molecular flexibility index (Phi) is 4.04. The Balaban J connectivity index is 1.77. The summed E-state index contributed by atoms with van der Waals surface area (Å²) in [6, 6.07) is 7.57. The highest BCUT2D eigenvalue weighted by atomic mass is 16.4. The molecule has 1 aromatic rings. The summed E-state index contributed by atoms with van der Waals surface area (Å²) in [5.41, 5.74) is 1.78. The van der Waals surface area contributed by atoms with E-state index < -0.39 is 5.97 Å². The van der Waals surface area contributed by atoms with Crippen molar-refractivity contribution >= 4 is 23.5 Å². The largest absolute Gasteiger partial charge is 0.481 e. The van der Waals surface area contributed by atoms with Crippen LogP contribution >= 0.6 is 0 Å². The molecule has 23 heavy (non-hydrogen) atoms. The summed E-state index contributed by atoms with van der Waals surface area (Å²) in [5.74, 6) is -1.62. The van der Waals surface area contributed by atoms with Crippen LogP contribution in [0, 0.1) is 5.92 Å². The zero-order chi connectivity index (χ0) is 16.6. The molecule has 7 nitrogen and oxygen atoms in total. The molecule has 2 atom stereocenters. The Morgan fingerprint density at radius 1 is 1.26 bits per heavy atom. The molecule has 0 bridgehead atoms. The van der Waals surface area contributed by atoms with Crippen LogP contribution in [0.25, 0.3) is 0 Å². The lowest BCUT2D eigenvalue weighted by Crippen LogP contribution is -2.52. The van der Waals surface area contributed by atoms with E-state index in [1.54, 1.807) is 4.90 Å². The van der Waals surface area contributed by atoms with Crippen molar-refractivity contribution in [2.45, 2.75) is 12.5 Å². The molecule has 7 heteroatoms. The Bertz CT molecular complexity index is 642. The van der Waals surface area contributed by atoms with Gasteiger partial charge in [-0.15, -0.1) is 0 Å². The van der Waals surface area contributed by atoms with Crippen LogP contribution in [0.15, 0.2) is 24.3 Å². The lowest BCUT2D eigenvalue weighted by atomic mass is 9.99. The molecule has 2 amide bonds. The van der Waals surface area contributed by atoms with Crippen molar-refractivity contribution in [2.24, 2.45) is 5.92 Å². The third-order valence-electron chi connectivity index (χ3n) is 4.52. The van der Waals surface area contributed by atoms with Gasteiger partial charge >= 0.3 is 5.97 Å². The van der Waals surface area contributed by atoms with Gasteiger partial charge in [0.2, 0.25) is 11.8 Å². The van der Waals surface area contributed by atoms with Gasteiger partial charge in [0, 0.05) is 25.3 Å². The van der Waals surface area contributed by atoms with Crippen molar-refractivity contribution in [1.29, 1.82) is 0 Å². The van der Waals surface area contributed by atoms with E-state index >= 15 is 0 Å². The van der Waals surface area contributed by atoms with Gasteiger partial charge in [0.15, 0.2) is 0 Å². The van der Waals surface area contributed by atoms with E-state index in [9.17, 15) is 14.4 Å². The molecule has 0 saturated carbocycles. The fourth-order valence-electron chi connectivity index (χ4n) is 3.03. The SMILES string of the molecule is CN1C(=O)CN(c2cccc(C3CC(C(=O)O)CN3)c2)CC1=O. The molecular formula is C16H19N3O4. The van der Waals surface area contributed by atoms with E-state index in [2.05, 4.69) is 5.32 Å². The Hall–Kier alpha value is -2.41. The second kappa shape index (κ2) is 6.00. The number of carbonyl (C=O) groups excluding carboxylic acids is 2. The molecule has 2 aliphatic heterocycles. The lowest BCUT2D eigenvalue weighted by molar-refractivity contribution is -0.144. The number of piperazine rings is 1. The minimum Gasteiger partial charge on any atom is -0.481 e. The molecule has 0 spiro atoms. The van der Waals surface area contributed by atoms with Gasteiger partial charge in [0.05, 0.1) is 19.0 Å². The first-order valence-corrected chi connectivity index (χ1v) is 7.56. The number of rotatable bonds is 3. The molecule has 3 rings (SSSR count). The van der Waals surface area contributed by atoms with Crippen molar-refractivity contribution in [3.63, 3.8) is 0 Å². The van der Waals surface area contributed by atoms with Crippen LogP contribution in [0.5, 0.6) is 0 Å². The normalized spacial score (nSPS) is 25.1. The Morgan fingerprint density at radius 2 is 1.96 bits per heavy atom. The van der Waals surface area contributed by atoms with Gasteiger partial charge in [-0.25, -0.2) is 0 Å². The van der Waals surface area contributed by atoms with Crippen molar-refractivity contribution in [3.8, 4) is 0 Å². The summed E-state index contributed by atoms with van der Waals surface area (Å²) in [5, 5.41) is 12.3. The number of likely N-dealkylation sites (N-methyl/N-ethyl adjacent to an activating group) is 1. The maximum Gasteiger partial charge on any atom is 0.307 e. The number of carboxylic acid groups (broad SMARTS) is 1. The summed E-state index contributed by atoms with van der Waals surface area (Å²) in [4.78, 5) is 37.6. The number of nitrogens with zero attached hydrogens (tertiary/aromatic N) is 2. The summed E-state index contributed by atoms with van der Waals surface area (Å²) in [6.07, 6.45) is 0.541. The molecule has 2 saturated heterocycles.